The number of likely N-dealkylation sites (tertiary alicyclic amines) is 1. The molecule has 0 N–H and O–H groups in total. The minimum atomic E-state index is 0.0950. The van der Waals surface area contributed by atoms with Gasteiger partial charge in [-0.1, -0.05) is 49.6 Å². The van der Waals surface area contributed by atoms with Gasteiger partial charge >= 0.3 is 0 Å². The maximum Gasteiger partial charge on any atom is 0.173 e. The molecule has 1 aliphatic heterocycles. The first-order valence-electron chi connectivity index (χ1n) is 11.8. The van der Waals surface area contributed by atoms with Crippen molar-refractivity contribution in [3.63, 3.8) is 0 Å². The Bertz CT molecular complexity index is 927. The van der Waals surface area contributed by atoms with Crippen molar-refractivity contribution in [3.8, 4) is 0 Å². The average molecular weight is 417 g/mol. The van der Waals surface area contributed by atoms with Crippen molar-refractivity contribution in [2.24, 2.45) is 5.92 Å². The van der Waals surface area contributed by atoms with Crippen molar-refractivity contribution in [1.82, 2.24) is 30.1 Å². The van der Waals surface area contributed by atoms with Crippen LogP contribution in [-0.4, -0.2) is 43.2 Å². The number of rotatable bonds is 6. The van der Waals surface area contributed by atoms with E-state index in [4.69, 9.17) is 0 Å². The van der Waals surface area contributed by atoms with Gasteiger partial charge in [0.1, 0.15) is 0 Å². The minimum Gasteiger partial charge on any atom is -0.290 e. The highest BCUT2D eigenvalue weighted by molar-refractivity contribution is 5.23. The van der Waals surface area contributed by atoms with Gasteiger partial charge in [0.2, 0.25) is 0 Å². The molecule has 0 bridgehead atoms. The third-order valence-electron chi connectivity index (χ3n) is 7.09. The average Bonchev–Trinajstić information content (AvgIpc) is 3.32. The number of hydrogen-bond donors (Lipinski definition) is 0. The number of pyridine rings is 1. The van der Waals surface area contributed by atoms with Crippen molar-refractivity contribution in [2.45, 2.75) is 63.5 Å². The molecule has 162 valence electrons. The smallest absolute Gasteiger partial charge is 0.173 e. The maximum atomic E-state index is 4.57. The molecule has 2 aromatic heterocycles. The van der Waals surface area contributed by atoms with Crippen molar-refractivity contribution in [2.75, 3.05) is 13.1 Å². The number of hydrogen-bond acceptors (Lipinski definition) is 5. The normalized spacial score (nSPS) is 20.0. The second-order valence-corrected chi connectivity index (χ2v) is 9.13. The summed E-state index contributed by atoms with van der Waals surface area (Å²) < 4.78 is 2.14. The van der Waals surface area contributed by atoms with Crippen LogP contribution in [0.25, 0.3) is 0 Å². The Kier molecular flexibility index (Phi) is 6.35. The Balaban J connectivity index is 1.36. The van der Waals surface area contributed by atoms with E-state index in [2.05, 4.69) is 72.6 Å². The summed E-state index contributed by atoms with van der Waals surface area (Å²) >= 11 is 0. The predicted molar refractivity (Wildman–Crippen MR) is 120 cm³/mol. The van der Waals surface area contributed by atoms with Crippen LogP contribution in [0, 0.1) is 5.92 Å². The van der Waals surface area contributed by atoms with E-state index in [0.29, 0.717) is 6.04 Å². The first-order chi connectivity index (χ1) is 15.4. The molecule has 2 fully saturated rings. The van der Waals surface area contributed by atoms with Gasteiger partial charge in [0, 0.05) is 12.4 Å². The number of piperidine rings is 1. The lowest BCUT2D eigenvalue weighted by molar-refractivity contribution is 0.140. The van der Waals surface area contributed by atoms with Crippen molar-refractivity contribution < 1.29 is 0 Å². The topological polar surface area (TPSA) is 59.7 Å². The molecule has 2 aliphatic rings. The first-order valence-corrected chi connectivity index (χ1v) is 11.8. The molecular weight excluding hydrogens is 384 g/mol. The Morgan fingerprint density at radius 3 is 2.35 bits per heavy atom. The Hall–Kier alpha value is -2.60. The summed E-state index contributed by atoms with van der Waals surface area (Å²) in [5, 5.41) is 13.2. The fraction of sp³-hybridized carbons (Fsp3) is 0.520. The quantitative estimate of drug-likeness (QED) is 0.587. The van der Waals surface area contributed by atoms with E-state index in [-0.39, 0.29) is 6.04 Å². The highest BCUT2D eigenvalue weighted by Crippen LogP contribution is 2.35. The lowest BCUT2D eigenvalue weighted by Crippen LogP contribution is -2.39. The van der Waals surface area contributed by atoms with Crippen LogP contribution < -0.4 is 0 Å². The summed E-state index contributed by atoms with van der Waals surface area (Å²) in [6.07, 6.45) is 13.6. The van der Waals surface area contributed by atoms with Crippen LogP contribution in [0.4, 0.5) is 0 Å². The van der Waals surface area contributed by atoms with Crippen LogP contribution in [0.5, 0.6) is 0 Å². The Morgan fingerprint density at radius 2 is 1.61 bits per heavy atom. The van der Waals surface area contributed by atoms with Gasteiger partial charge in [-0.15, -0.1) is 5.10 Å². The second-order valence-electron chi connectivity index (χ2n) is 9.13. The molecule has 0 amide bonds. The molecular formula is C25H32N6. The molecule has 1 atom stereocenters. The molecule has 1 saturated heterocycles. The second kappa shape index (κ2) is 9.69. The number of aromatic nitrogens is 5. The predicted octanol–water partition coefficient (Wildman–Crippen LogP) is 4.62. The van der Waals surface area contributed by atoms with Gasteiger partial charge in [-0.3, -0.25) is 9.88 Å². The van der Waals surface area contributed by atoms with Gasteiger partial charge in [-0.2, -0.15) is 0 Å². The molecule has 1 aliphatic carbocycles. The molecule has 31 heavy (non-hydrogen) atoms. The van der Waals surface area contributed by atoms with Crippen LogP contribution in [0.3, 0.4) is 0 Å². The van der Waals surface area contributed by atoms with Crippen molar-refractivity contribution >= 4 is 0 Å². The number of benzene rings is 1. The summed E-state index contributed by atoms with van der Waals surface area (Å²) in [5.41, 5.74) is 2.69. The summed E-state index contributed by atoms with van der Waals surface area (Å²) in [6, 6.07) is 15.7. The lowest BCUT2D eigenvalue weighted by atomic mass is 9.89. The van der Waals surface area contributed by atoms with Crippen LogP contribution in [0.2, 0.25) is 0 Å². The molecule has 0 unspecified atom stereocenters. The first kappa shape index (κ1) is 20.3. The van der Waals surface area contributed by atoms with E-state index in [1.807, 2.05) is 12.4 Å². The standard InChI is InChI=1S/C25H32N6/c1-3-7-20(8-4-1)19-21-13-17-30(18-14-21)24(22-11-15-26-16-12-22)25-27-28-29-31(25)23-9-5-2-6-10-23/h1,3-4,7-8,11-12,15-16,21,23-24H,2,5-6,9-10,13-14,17-19H2/t24-/m1/s1. The SMILES string of the molecule is c1ccc(CC2CCN([C@H](c3ccncc3)c3nnnn3C3CCCCC3)CC2)cc1. The highest BCUT2D eigenvalue weighted by Gasteiger charge is 2.33. The van der Waals surface area contributed by atoms with E-state index in [1.54, 1.807) is 0 Å². The van der Waals surface area contributed by atoms with Crippen LogP contribution >= 0.6 is 0 Å². The van der Waals surface area contributed by atoms with Crippen molar-refractivity contribution in [3.05, 3.63) is 71.8 Å². The molecule has 1 aromatic carbocycles. The zero-order valence-corrected chi connectivity index (χ0v) is 18.2. The Labute approximate surface area is 184 Å². The third kappa shape index (κ3) is 4.69. The maximum absolute atomic E-state index is 4.57. The minimum absolute atomic E-state index is 0.0950. The van der Waals surface area contributed by atoms with E-state index < -0.39 is 0 Å². The Morgan fingerprint density at radius 1 is 0.871 bits per heavy atom. The molecule has 6 heteroatoms. The van der Waals surface area contributed by atoms with E-state index in [0.717, 1.165) is 24.8 Å². The van der Waals surface area contributed by atoms with Gasteiger partial charge in [-0.05, 0) is 84.8 Å². The highest BCUT2D eigenvalue weighted by atomic mass is 15.6. The summed E-state index contributed by atoms with van der Waals surface area (Å²) in [7, 11) is 0. The van der Waals surface area contributed by atoms with Gasteiger partial charge in [0.25, 0.3) is 0 Å². The fourth-order valence-corrected chi connectivity index (χ4v) is 5.40. The number of nitrogens with zero attached hydrogens (tertiary/aromatic N) is 6. The molecule has 6 nitrogen and oxygen atoms in total. The zero-order chi connectivity index (χ0) is 20.9. The van der Waals surface area contributed by atoms with Crippen LogP contribution in [0.15, 0.2) is 54.9 Å². The van der Waals surface area contributed by atoms with Crippen LogP contribution in [-0.2, 0) is 6.42 Å². The third-order valence-corrected chi connectivity index (χ3v) is 7.09. The van der Waals surface area contributed by atoms with Gasteiger partial charge in [-0.25, -0.2) is 4.68 Å². The van der Waals surface area contributed by atoms with E-state index >= 15 is 0 Å². The van der Waals surface area contributed by atoms with Gasteiger partial charge < -0.3 is 0 Å². The molecule has 0 radical (unpaired) electrons. The van der Waals surface area contributed by atoms with E-state index in [1.165, 1.54) is 62.5 Å². The van der Waals surface area contributed by atoms with Gasteiger partial charge in [0.05, 0.1) is 12.1 Å². The number of tetrazole rings is 1. The van der Waals surface area contributed by atoms with E-state index in [9.17, 15) is 0 Å². The van der Waals surface area contributed by atoms with Crippen molar-refractivity contribution in [1.29, 1.82) is 0 Å². The summed E-state index contributed by atoms with van der Waals surface area (Å²) in [4.78, 5) is 6.83. The molecule has 5 rings (SSSR count). The molecule has 3 aromatic rings. The molecule has 3 heterocycles. The molecule has 1 saturated carbocycles. The summed E-state index contributed by atoms with van der Waals surface area (Å²) in [5.74, 6) is 1.74. The lowest BCUT2D eigenvalue weighted by Gasteiger charge is -2.37. The monoisotopic (exact) mass is 416 g/mol. The largest absolute Gasteiger partial charge is 0.290 e. The van der Waals surface area contributed by atoms with Crippen LogP contribution in [0.1, 0.15) is 74.0 Å². The molecule has 0 spiro atoms. The van der Waals surface area contributed by atoms with Gasteiger partial charge in [0.15, 0.2) is 5.82 Å². The summed E-state index contributed by atoms with van der Waals surface area (Å²) in [6.45, 7) is 2.14. The fourth-order valence-electron chi connectivity index (χ4n) is 5.40. The zero-order valence-electron chi connectivity index (χ0n) is 18.2.